The number of likely N-dealkylation sites (N-methyl/N-ethyl adjacent to an activating group) is 1. The van der Waals surface area contributed by atoms with Crippen molar-refractivity contribution in [2.24, 2.45) is 0 Å². The molecule has 3 rings (SSSR count). The summed E-state index contributed by atoms with van der Waals surface area (Å²) in [5, 5.41) is 0. The lowest BCUT2D eigenvalue weighted by Gasteiger charge is -2.33. The first kappa shape index (κ1) is 17.8. The molecule has 134 valence electrons. The molecule has 0 spiro atoms. The van der Waals surface area contributed by atoms with Crippen molar-refractivity contribution >= 4 is 0 Å². The van der Waals surface area contributed by atoms with Crippen LogP contribution in [0.25, 0.3) is 0 Å². The van der Waals surface area contributed by atoms with Crippen molar-refractivity contribution in [2.45, 2.75) is 13.5 Å². The number of ether oxygens (including phenoxy) is 2. The number of hydrogen-bond donors (Lipinski definition) is 0. The predicted octanol–water partition coefficient (Wildman–Crippen LogP) is 3.28. The summed E-state index contributed by atoms with van der Waals surface area (Å²) in [6, 6.07) is 18.1. The van der Waals surface area contributed by atoms with E-state index in [0.29, 0.717) is 6.61 Å². The SMILES string of the molecule is CCN1CCN(CCOc2ccc(OCc3ccccc3)cc2)CC1. The minimum atomic E-state index is 0.588. The van der Waals surface area contributed by atoms with Crippen LogP contribution in [-0.4, -0.2) is 55.7 Å². The summed E-state index contributed by atoms with van der Waals surface area (Å²) in [5.74, 6) is 1.77. The molecule has 0 atom stereocenters. The highest BCUT2D eigenvalue weighted by Crippen LogP contribution is 2.18. The molecule has 25 heavy (non-hydrogen) atoms. The summed E-state index contributed by atoms with van der Waals surface area (Å²) >= 11 is 0. The largest absolute Gasteiger partial charge is 0.492 e. The second-order valence-corrected chi connectivity index (χ2v) is 6.37. The highest BCUT2D eigenvalue weighted by Gasteiger charge is 2.14. The van der Waals surface area contributed by atoms with Crippen molar-refractivity contribution in [3.8, 4) is 11.5 Å². The van der Waals surface area contributed by atoms with Crippen LogP contribution in [0.15, 0.2) is 54.6 Å². The zero-order valence-electron chi connectivity index (χ0n) is 15.1. The first-order valence-corrected chi connectivity index (χ1v) is 9.18. The van der Waals surface area contributed by atoms with Gasteiger partial charge in [0.2, 0.25) is 0 Å². The van der Waals surface area contributed by atoms with E-state index in [4.69, 9.17) is 9.47 Å². The Labute approximate surface area is 151 Å². The average molecular weight is 340 g/mol. The number of nitrogens with zero attached hydrogens (tertiary/aromatic N) is 2. The van der Waals surface area contributed by atoms with Gasteiger partial charge in [0, 0.05) is 32.7 Å². The Balaban J connectivity index is 1.36. The van der Waals surface area contributed by atoms with Crippen LogP contribution in [0.2, 0.25) is 0 Å². The molecule has 1 aliphatic heterocycles. The number of benzene rings is 2. The van der Waals surface area contributed by atoms with Crippen molar-refractivity contribution in [3.05, 3.63) is 60.2 Å². The monoisotopic (exact) mass is 340 g/mol. The number of piperazine rings is 1. The van der Waals surface area contributed by atoms with Gasteiger partial charge in [0.1, 0.15) is 24.7 Å². The quantitative estimate of drug-likeness (QED) is 0.736. The summed E-state index contributed by atoms with van der Waals surface area (Å²) in [7, 11) is 0. The maximum Gasteiger partial charge on any atom is 0.120 e. The first-order chi connectivity index (χ1) is 12.3. The molecule has 4 heteroatoms. The fraction of sp³-hybridized carbons (Fsp3) is 0.429. The Hall–Kier alpha value is -2.04. The van der Waals surface area contributed by atoms with Crippen LogP contribution >= 0.6 is 0 Å². The summed E-state index contributed by atoms with van der Waals surface area (Å²) in [4.78, 5) is 4.97. The zero-order chi connectivity index (χ0) is 17.3. The molecule has 0 bridgehead atoms. The number of rotatable bonds is 8. The molecule has 1 aliphatic rings. The zero-order valence-corrected chi connectivity index (χ0v) is 15.1. The van der Waals surface area contributed by atoms with E-state index < -0.39 is 0 Å². The molecule has 0 radical (unpaired) electrons. The van der Waals surface area contributed by atoms with Gasteiger partial charge in [0.05, 0.1) is 0 Å². The van der Waals surface area contributed by atoms with Gasteiger partial charge in [-0.3, -0.25) is 4.90 Å². The fourth-order valence-corrected chi connectivity index (χ4v) is 2.99. The fourth-order valence-electron chi connectivity index (χ4n) is 2.99. The third-order valence-corrected chi connectivity index (χ3v) is 4.66. The highest BCUT2D eigenvalue weighted by atomic mass is 16.5. The van der Waals surface area contributed by atoms with E-state index in [1.54, 1.807) is 0 Å². The van der Waals surface area contributed by atoms with Crippen molar-refractivity contribution in [3.63, 3.8) is 0 Å². The van der Waals surface area contributed by atoms with Crippen LogP contribution in [0, 0.1) is 0 Å². The molecule has 0 saturated carbocycles. The second kappa shape index (κ2) is 9.44. The van der Waals surface area contributed by atoms with Crippen LogP contribution in [0.1, 0.15) is 12.5 Å². The maximum atomic E-state index is 5.87. The lowest BCUT2D eigenvalue weighted by Crippen LogP contribution is -2.47. The summed E-state index contributed by atoms with van der Waals surface area (Å²) in [6.45, 7) is 10.3. The third-order valence-electron chi connectivity index (χ3n) is 4.66. The van der Waals surface area contributed by atoms with E-state index in [2.05, 4.69) is 28.9 Å². The average Bonchev–Trinajstić information content (AvgIpc) is 2.69. The lowest BCUT2D eigenvalue weighted by molar-refractivity contribution is 0.121. The topological polar surface area (TPSA) is 24.9 Å². The van der Waals surface area contributed by atoms with Gasteiger partial charge >= 0.3 is 0 Å². The molecule has 0 aliphatic carbocycles. The van der Waals surface area contributed by atoms with Gasteiger partial charge in [0.25, 0.3) is 0 Å². The second-order valence-electron chi connectivity index (χ2n) is 6.37. The van der Waals surface area contributed by atoms with Crippen molar-refractivity contribution in [2.75, 3.05) is 45.9 Å². The van der Waals surface area contributed by atoms with Gasteiger partial charge in [-0.25, -0.2) is 0 Å². The summed E-state index contributed by atoms with van der Waals surface area (Å²) in [6.07, 6.45) is 0. The van der Waals surface area contributed by atoms with Gasteiger partial charge in [-0.05, 0) is 36.4 Å². The minimum absolute atomic E-state index is 0.588. The molecule has 0 N–H and O–H groups in total. The van der Waals surface area contributed by atoms with Gasteiger partial charge in [-0.2, -0.15) is 0 Å². The van der Waals surface area contributed by atoms with Crippen molar-refractivity contribution in [1.82, 2.24) is 9.80 Å². The molecule has 0 aromatic heterocycles. The molecular formula is C21H28N2O2. The van der Waals surface area contributed by atoms with Crippen LogP contribution in [-0.2, 0) is 6.61 Å². The molecule has 0 amide bonds. The van der Waals surface area contributed by atoms with Crippen molar-refractivity contribution < 1.29 is 9.47 Å². The van der Waals surface area contributed by atoms with Crippen LogP contribution in [0.3, 0.4) is 0 Å². The normalized spacial score (nSPS) is 15.9. The van der Waals surface area contributed by atoms with E-state index in [9.17, 15) is 0 Å². The van der Waals surface area contributed by atoms with Gasteiger partial charge in [-0.15, -0.1) is 0 Å². The van der Waals surface area contributed by atoms with Crippen LogP contribution in [0.4, 0.5) is 0 Å². The van der Waals surface area contributed by atoms with Crippen LogP contribution in [0.5, 0.6) is 11.5 Å². The maximum absolute atomic E-state index is 5.87. The third kappa shape index (κ3) is 5.76. The van der Waals surface area contributed by atoms with E-state index >= 15 is 0 Å². The highest BCUT2D eigenvalue weighted by molar-refractivity contribution is 5.31. The summed E-state index contributed by atoms with van der Waals surface area (Å²) in [5.41, 5.74) is 1.17. The lowest BCUT2D eigenvalue weighted by atomic mass is 10.2. The first-order valence-electron chi connectivity index (χ1n) is 9.18. The van der Waals surface area contributed by atoms with E-state index in [1.807, 2.05) is 42.5 Å². The summed E-state index contributed by atoms with van der Waals surface area (Å²) < 4.78 is 11.7. The Morgan fingerprint density at radius 2 is 1.36 bits per heavy atom. The number of hydrogen-bond acceptors (Lipinski definition) is 4. The van der Waals surface area contributed by atoms with E-state index in [0.717, 1.165) is 44.3 Å². The molecule has 1 fully saturated rings. The van der Waals surface area contributed by atoms with Gasteiger partial charge in [-0.1, -0.05) is 37.3 Å². The van der Waals surface area contributed by atoms with Gasteiger partial charge < -0.3 is 14.4 Å². The van der Waals surface area contributed by atoms with E-state index in [1.165, 1.54) is 18.7 Å². The molecule has 1 saturated heterocycles. The Bertz CT molecular complexity index is 608. The predicted molar refractivity (Wildman–Crippen MR) is 101 cm³/mol. The molecule has 2 aromatic carbocycles. The Kier molecular flexibility index (Phi) is 6.71. The Morgan fingerprint density at radius 3 is 2.00 bits per heavy atom. The smallest absolute Gasteiger partial charge is 0.120 e. The van der Waals surface area contributed by atoms with E-state index in [-0.39, 0.29) is 0 Å². The Morgan fingerprint density at radius 1 is 0.760 bits per heavy atom. The minimum Gasteiger partial charge on any atom is -0.492 e. The standard InChI is InChI=1S/C21H28N2O2/c1-2-22-12-14-23(15-13-22)16-17-24-20-8-10-21(11-9-20)25-18-19-6-4-3-5-7-19/h3-11H,2,12-18H2,1H3. The molecule has 0 unspecified atom stereocenters. The molecular weight excluding hydrogens is 312 g/mol. The van der Waals surface area contributed by atoms with Crippen molar-refractivity contribution in [1.29, 1.82) is 0 Å². The molecule has 4 nitrogen and oxygen atoms in total. The molecule has 1 heterocycles. The van der Waals surface area contributed by atoms with Gasteiger partial charge in [0.15, 0.2) is 0 Å². The van der Waals surface area contributed by atoms with Crippen LogP contribution < -0.4 is 9.47 Å². The molecule has 2 aromatic rings.